The molecule has 0 N–H and O–H groups in total. The second-order valence-electron chi connectivity index (χ2n) is 3.70. The van der Waals surface area contributed by atoms with Gasteiger partial charge < -0.3 is 0 Å². The van der Waals surface area contributed by atoms with E-state index in [9.17, 15) is 4.39 Å². The van der Waals surface area contributed by atoms with Crippen LogP contribution in [0.15, 0.2) is 24.3 Å². The zero-order chi connectivity index (χ0) is 14.0. The number of hydrogen-bond donors (Lipinski definition) is 0. The van der Waals surface area contributed by atoms with Crippen molar-refractivity contribution in [2.75, 3.05) is 0 Å². The molecule has 2 nitrogen and oxygen atoms in total. The molecule has 0 spiro atoms. The normalized spacial score (nSPS) is 10.3. The highest BCUT2D eigenvalue weighted by Crippen LogP contribution is 2.37. The van der Waals surface area contributed by atoms with E-state index in [1.54, 1.807) is 18.2 Å². The third-order valence-electron chi connectivity index (χ3n) is 2.51. The Kier molecular flexibility index (Phi) is 4.26. The van der Waals surface area contributed by atoms with Gasteiger partial charge in [0.1, 0.15) is 0 Å². The Hall–Kier alpha value is -1.34. The maximum absolute atomic E-state index is 13.7. The van der Waals surface area contributed by atoms with Gasteiger partial charge in [-0.3, -0.25) is 0 Å². The first-order chi connectivity index (χ1) is 9.04. The predicted molar refractivity (Wildman–Crippen MR) is 74.0 cm³/mol. The highest BCUT2D eigenvalue weighted by molar-refractivity contribution is 6.49. The average Bonchev–Trinajstić information content (AvgIpc) is 2.39. The predicted octanol–water partition coefficient (Wildman–Crippen LogP) is 4.91. The Morgan fingerprint density at radius 2 is 1.84 bits per heavy atom. The van der Waals surface area contributed by atoms with Gasteiger partial charge in [-0.2, -0.15) is 9.65 Å². The fourth-order valence-electron chi connectivity index (χ4n) is 1.55. The Balaban J connectivity index is 2.52. The summed E-state index contributed by atoms with van der Waals surface area (Å²) in [7, 11) is 0. The Morgan fingerprint density at radius 1 is 1.11 bits per heavy atom. The molecule has 6 heteroatoms. The lowest BCUT2D eigenvalue weighted by Gasteiger charge is -2.07. The molecule has 0 fully saturated rings. The number of nitrogens with zero attached hydrogens (tertiary/aromatic N) is 2. The lowest BCUT2D eigenvalue weighted by atomic mass is 10.1. The number of pyridine rings is 1. The van der Waals surface area contributed by atoms with Crippen LogP contribution in [0, 0.1) is 17.3 Å². The molecule has 2 aromatic rings. The van der Waals surface area contributed by atoms with Crippen LogP contribution in [0.5, 0.6) is 0 Å². The van der Waals surface area contributed by atoms with Gasteiger partial charge in [0.25, 0.3) is 0 Å². The molecular weight excluding hydrogens is 310 g/mol. The van der Waals surface area contributed by atoms with E-state index < -0.39 is 5.95 Å². The molecule has 0 aliphatic carbocycles. The number of aromatic nitrogens is 1. The Labute approximate surface area is 124 Å². The molecule has 0 saturated carbocycles. The summed E-state index contributed by atoms with van der Waals surface area (Å²) in [5.41, 5.74) is 1.06. The maximum Gasteiger partial charge on any atom is 0.217 e. The second-order valence-corrected chi connectivity index (χ2v) is 4.87. The summed E-state index contributed by atoms with van der Waals surface area (Å²) >= 11 is 17.8. The molecule has 0 aliphatic heterocycles. The van der Waals surface area contributed by atoms with Crippen molar-refractivity contribution >= 4 is 34.8 Å². The van der Waals surface area contributed by atoms with Crippen molar-refractivity contribution in [3.8, 4) is 17.3 Å². The minimum atomic E-state index is -0.693. The number of hydrogen-bond acceptors (Lipinski definition) is 2. The quantitative estimate of drug-likeness (QED) is 0.583. The van der Waals surface area contributed by atoms with E-state index in [2.05, 4.69) is 4.98 Å². The molecule has 1 aromatic heterocycles. The molecule has 0 bridgehead atoms. The molecule has 19 heavy (non-hydrogen) atoms. The second kappa shape index (κ2) is 5.75. The summed E-state index contributed by atoms with van der Waals surface area (Å²) in [5, 5.41) is 9.28. The van der Waals surface area contributed by atoms with Gasteiger partial charge in [0.05, 0.1) is 33.3 Å². The van der Waals surface area contributed by atoms with Crippen LogP contribution >= 0.6 is 34.8 Å². The van der Waals surface area contributed by atoms with Crippen LogP contribution in [0.2, 0.25) is 15.1 Å². The van der Waals surface area contributed by atoms with Gasteiger partial charge in [-0.1, -0.05) is 40.9 Å². The molecule has 0 amide bonds. The summed E-state index contributed by atoms with van der Waals surface area (Å²) in [4.78, 5) is 3.79. The average molecular weight is 316 g/mol. The largest absolute Gasteiger partial charge is 0.219 e. The third kappa shape index (κ3) is 2.82. The molecule has 0 saturated heterocycles. The molecule has 2 rings (SSSR count). The van der Waals surface area contributed by atoms with Crippen LogP contribution in [0.4, 0.5) is 4.39 Å². The minimum Gasteiger partial charge on any atom is -0.219 e. The van der Waals surface area contributed by atoms with Crippen LogP contribution in [-0.4, -0.2) is 4.98 Å². The van der Waals surface area contributed by atoms with Gasteiger partial charge in [0.15, 0.2) is 0 Å². The summed E-state index contributed by atoms with van der Waals surface area (Å²) < 4.78 is 13.7. The zero-order valence-corrected chi connectivity index (χ0v) is 11.7. The van der Waals surface area contributed by atoms with Crippen LogP contribution in [0.3, 0.4) is 0 Å². The number of nitriles is 1. The summed E-state index contributed by atoms with van der Waals surface area (Å²) in [5.74, 6) is -0.693. The third-order valence-corrected chi connectivity index (χ3v) is 3.80. The first kappa shape index (κ1) is 14.1. The highest BCUT2D eigenvalue weighted by atomic mass is 35.5. The van der Waals surface area contributed by atoms with Gasteiger partial charge in [-0.25, -0.2) is 4.98 Å². The monoisotopic (exact) mass is 314 g/mol. The molecule has 0 radical (unpaired) electrons. The molecule has 0 unspecified atom stereocenters. The van der Waals surface area contributed by atoms with E-state index in [0.717, 1.165) is 0 Å². The van der Waals surface area contributed by atoms with Gasteiger partial charge in [-0.15, -0.1) is 0 Å². The maximum atomic E-state index is 13.7. The van der Waals surface area contributed by atoms with Crippen LogP contribution in [-0.2, 0) is 6.42 Å². The zero-order valence-electron chi connectivity index (χ0n) is 9.42. The number of halogens is 4. The van der Waals surface area contributed by atoms with Crippen LogP contribution < -0.4 is 0 Å². The molecule has 1 aromatic carbocycles. The molecule has 0 aliphatic rings. The van der Waals surface area contributed by atoms with Crippen LogP contribution in [0.25, 0.3) is 11.3 Å². The van der Waals surface area contributed by atoms with E-state index in [1.165, 1.54) is 6.07 Å². The number of rotatable bonds is 2. The van der Waals surface area contributed by atoms with Gasteiger partial charge in [0, 0.05) is 11.1 Å². The Bertz CT molecular complexity index is 680. The first-order valence-corrected chi connectivity index (χ1v) is 6.34. The minimum absolute atomic E-state index is 0.0335. The van der Waals surface area contributed by atoms with E-state index in [0.29, 0.717) is 16.3 Å². The lowest BCUT2D eigenvalue weighted by molar-refractivity contribution is 0.573. The first-order valence-electron chi connectivity index (χ1n) is 5.21. The summed E-state index contributed by atoms with van der Waals surface area (Å²) in [6.07, 6.45) is -0.0335. The van der Waals surface area contributed by atoms with Crippen molar-refractivity contribution in [3.05, 3.63) is 50.8 Å². The van der Waals surface area contributed by atoms with E-state index in [1.807, 2.05) is 6.07 Å². The van der Waals surface area contributed by atoms with Crippen molar-refractivity contribution in [1.29, 1.82) is 5.26 Å². The Morgan fingerprint density at radius 3 is 2.47 bits per heavy atom. The summed E-state index contributed by atoms with van der Waals surface area (Å²) in [6, 6.07) is 8.13. The van der Waals surface area contributed by atoms with E-state index in [4.69, 9.17) is 40.1 Å². The lowest BCUT2D eigenvalue weighted by Crippen LogP contribution is -1.95. The molecular formula is C13H6Cl3FN2. The molecule has 96 valence electrons. The van der Waals surface area contributed by atoms with Crippen molar-refractivity contribution < 1.29 is 4.39 Å². The van der Waals surface area contributed by atoms with Crippen molar-refractivity contribution in [2.24, 2.45) is 0 Å². The molecule has 0 atom stereocenters. The standard InChI is InChI=1S/C13H6Cl3FN2/c14-9-3-2-8(11(15)12(9)16)10-4-1-7(5-6-18)13(17)19-10/h1-4H,5H2. The van der Waals surface area contributed by atoms with Gasteiger partial charge >= 0.3 is 0 Å². The fourth-order valence-corrected chi connectivity index (χ4v) is 2.19. The van der Waals surface area contributed by atoms with Crippen molar-refractivity contribution in [2.45, 2.75) is 6.42 Å². The smallest absolute Gasteiger partial charge is 0.217 e. The van der Waals surface area contributed by atoms with Crippen molar-refractivity contribution in [3.63, 3.8) is 0 Å². The summed E-state index contributed by atoms with van der Waals surface area (Å²) in [6.45, 7) is 0. The van der Waals surface area contributed by atoms with E-state index >= 15 is 0 Å². The van der Waals surface area contributed by atoms with Gasteiger partial charge in [0.2, 0.25) is 5.95 Å². The van der Waals surface area contributed by atoms with Crippen LogP contribution in [0.1, 0.15) is 5.56 Å². The topological polar surface area (TPSA) is 36.7 Å². The van der Waals surface area contributed by atoms with E-state index in [-0.39, 0.29) is 22.0 Å². The SMILES string of the molecule is N#CCc1ccc(-c2ccc(Cl)c(Cl)c2Cl)nc1F. The fraction of sp³-hybridized carbons (Fsp3) is 0.0769. The number of benzene rings is 1. The molecule has 1 heterocycles. The van der Waals surface area contributed by atoms with Gasteiger partial charge in [-0.05, 0) is 18.2 Å². The van der Waals surface area contributed by atoms with Crippen molar-refractivity contribution in [1.82, 2.24) is 4.98 Å². The highest BCUT2D eigenvalue weighted by Gasteiger charge is 2.13.